The fourth-order valence-corrected chi connectivity index (χ4v) is 4.91. The van der Waals surface area contributed by atoms with E-state index in [4.69, 9.17) is 9.72 Å². The number of likely N-dealkylation sites (tertiary alicyclic amines) is 1. The summed E-state index contributed by atoms with van der Waals surface area (Å²) in [6, 6.07) is 17.9. The number of fused-ring (bicyclic) bond motifs is 1. The van der Waals surface area contributed by atoms with Crippen LogP contribution in [-0.2, 0) is 7.05 Å². The Labute approximate surface area is 212 Å². The molecule has 1 saturated heterocycles. The minimum atomic E-state index is -0.232. The summed E-state index contributed by atoms with van der Waals surface area (Å²) >= 11 is 0. The van der Waals surface area contributed by atoms with Crippen molar-refractivity contribution in [3.05, 3.63) is 77.5 Å². The van der Waals surface area contributed by atoms with Crippen LogP contribution < -0.4 is 10.1 Å². The first kappa shape index (κ1) is 24.0. The molecule has 2 aromatic heterocycles. The maximum atomic E-state index is 13.4. The Morgan fingerprint density at radius 1 is 1.14 bits per heavy atom. The molecule has 36 heavy (non-hydrogen) atoms. The molecule has 1 fully saturated rings. The molecular weight excluding hydrogens is 450 g/mol. The molecule has 2 atom stereocenters. The highest BCUT2D eigenvalue weighted by Crippen LogP contribution is 2.29. The number of nitrogens with zero attached hydrogens (tertiary/aromatic N) is 4. The summed E-state index contributed by atoms with van der Waals surface area (Å²) in [5, 5.41) is 8.74. The van der Waals surface area contributed by atoms with Crippen LogP contribution in [0.1, 0.15) is 47.3 Å². The van der Waals surface area contributed by atoms with E-state index in [1.165, 1.54) is 6.42 Å². The van der Waals surface area contributed by atoms with Gasteiger partial charge >= 0.3 is 0 Å². The van der Waals surface area contributed by atoms with Gasteiger partial charge < -0.3 is 15.0 Å². The molecule has 7 heteroatoms. The third-order valence-corrected chi connectivity index (χ3v) is 7.11. The van der Waals surface area contributed by atoms with Gasteiger partial charge in [-0.3, -0.25) is 9.48 Å². The Balaban J connectivity index is 1.38. The standard InChI is InChI=1S/C29H33N5O2/c1-19-11-12-22(36-18-21-8-7-14-33(21)3)16-24(19)29(35)30-20(2)25-17-28(27-13-15-34(4)32-27)31-26-10-6-5-9-23(25)26/h5-6,9-13,15-17,20-21H,7-8,14,18H2,1-4H3,(H,30,35)/t20-,21?/m1/s1. The predicted molar refractivity (Wildman–Crippen MR) is 142 cm³/mol. The zero-order valence-corrected chi connectivity index (χ0v) is 21.4. The van der Waals surface area contributed by atoms with Crippen LogP contribution in [-0.4, -0.2) is 51.8 Å². The third-order valence-electron chi connectivity index (χ3n) is 7.11. The molecule has 0 saturated carbocycles. The van der Waals surface area contributed by atoms with Gasteiger partial charge in [-0.2, -0.15) is 5.10 Å². The second kappa shape index (κ2) is 10.1. The maximum Gasteiger partial charge on any atom is 0.252 e. The number of carbonyl (C=O) groups excluding carboxylic acids is 1. The number of hydrogen-bond acceptors (Lipinski definition) is 5. The van der Waals surface area contributed by atoms with Gasteiger partial charge in [-0.1, -0.05) is 24.3 Å². The van der Waals surface area contributed by atoms with Gasteiger partial charge in [0.1, 0.15) is 18.1 Å². The topological polar surface area (TPSA) is 72.3 Å². The SMILES string of the molecule is Cc1ccc(OCC2CCCN2C)cc1C(=O)N[C@H](C)c1cc(-c2ccn(C)n2)nc2ccccc12. The van der Waals surface area contributed by atoms with E-state index < -0.39 is 0 Å². The number of hydrogen-bond donors (Lipinski definition) is 1. The minimum Gasteiger partial charge on any atom is -0.492 e. The molecule has 4 aromatic rings. The Morgan fingerprint density at radius 2 is 1.97 bits per heavy atom. The number of ether oxygens (including phenoxy) is 1. The lowest BCUT2D eigenvalue weighted by molar-refractivity contribution is 0.0939. The molecule has 0 aliphatic carbocycles. The van der Waals surface area contributed by atoms with Gasteiger partial charge in [0.15, 0.2) is 0 Å². The summed E-state index contributed by atoms with van der Waals surface area (Å²) in [4.78, 5) is 20.6. The first-order valence-corrected chi connectivity index (χ1v) is 12.5. The molecule has 1 N–H and O–H groups in total. The van der Waals surface area contributed by atoms with Gasteiger partial charge in [0.25, 0.3) is 5.91 Å². The predicted octanol–water partition coefficient (Wildman–Crippen LogP) is 4.91. The molecule has 5 rings (SSSR count). The average molecular weight is 484 g/mol. The van der Waals surface area contributed by atoms with Crippen molar-refractivity contribution in [1.82, 2.24) is 25.0 Å². The molecule has 1 unspecified atom stereocenters. The lowest BCUT2D eigenvalue weighted by Crippen LogP contribution is -2.30. The molecule has 0 radical (unpaired) electrons. The van der Waals surface area contributed by atoms with Crippen molar-refractivity contribution in [3.63, 3.8) is 0 Å². The van der Waals surface area contributed by atoms with E-state index in [1.807, 2.05) is 81.7 Å². The number of likely N-dealkylation sites (N-methyl/N-ethyl adjacent to an activating group) is 1. The summed E-state index contributed by atoms with van der Waals surface area (Å²) in [6.45, 7) is 5.71. The van der Waals surface area contributed by atoms with Crippen LogP contribution in [0, 0.1) is 6.92 Å². The normalized spacial score (nSPS) is 16.8. The van der Waals surface area contributed by atoms with Crippen molar-refractivity contribution in [3.8, 4) is 17.1 Å². The highest BCUT2D eigenvalue weighted by molar-refractivity contribution is 5.96. The number of para-hydroxylation sites is 1. The monoisotopic (exact) mass is 483 g/mol. The molecule has 0 bridgehead atoms. The van der Waals surface area contributed by atoms with Gasteiger partial charge in [0.05, 0.1) is 17.3 Å². The molecule has 1 aliphatic rings. The van der Waals surface area contributed by atoms with Crippen LogP contribution >= 0.6 is 0 Å². The molecule has 1 aliphatic heterocycles. The van der Waals surface area contributed by atoms with Crippen molar-refractivity contribution >= 4 is 16.8 Å². The van der Waals surface area contributed by atoms with E-state index in [9.17, 15) is 4.79 Å². The van der Waals surface area contributed by atoms with Gasteiger partial charge in [-0.05, 0) is 81.7 Å². The maximum absolute atomic E-state index is 13.4. The van der Waals surface area contributed by atoms with Crippen molar-refractivity contribution in [2.24, 2.45) is 7.05 Å². The first-order valence-electron chi connectivity index (χ1n) is 12.5. The Morgan fingerprint density at radius 3 is 2.72 bits per heavy atom. The summed E-state index contributed by atoms with van der Waals surface area (Å²) < 4.78 is 7.84. The zero-order chi connectivity index (χ0) is 25.2. The zero-order valence-electron chi connectivity index (χ0n) is 21.4. The van der Waals surface area contributed by atoms with E-state index in [-0.39, 0.29) is 11.9 Å². The molecule has 7 nitrogen and oxygen atoms in total. The van der Waals surface area contributed by atoms with Crippen LogP contribution in [0.5, 0.6) is 5.75 Å². The highest BCUT2D eigenvalue weighted by Gasteiger charge is 2.22. The smallest absolute Gasteiger partial charge is 0.252 e. The summed E-state index contributed by atoms with van der Waals surface area (Å²) in [6.07, 6.45) is 4.25. The van der Waals surface area contributed by atoms with Crippen molar-refractivity contribution in [1.29, 1.82) is 0 Å². The summed E-state index contributed by atoms with van der Waals surface area (Å²) in [5.41, 5.74) is 5.01. The van der Waals surface area contributed by atoms with E-state index in [1.54, 1.807) is 4.68 Å². The second-order valence-corrected chi connectivity index (χ2v) is 9.75. The number of rotatable bonds is 7. The molecule has 186 valence electrons. The van der Waals surface area contributed by atoms with Crippen LogP contribution in [0.15, 0.2) is 60.8 Å². The largest absolute Gasteiger partial charge is 0.492 e. The van der Waals surface area contributed by atoms with Crippen molar-refractivity contribution in [2.45, 2.75) is 38.8 Å². The molecule has 0 spiro atoms. The number of nitrogens with one attached hydrogen (secondary N) is 1. The number of aromatic nitrogens is 3. The van der Waals surface area contributed by atoms with Gasteiger partial charge in [0.2, 0.25) is 0 Å². The van der Waals surface area contributed by atoms with Crippen molar-refractivity contribution < 1.29 is 9.53 Å². The molecule has 3 heterocycles. The van der Waals surface area contributed by atoms with Gasteiger partial charge in [0, 0.05) is 30.2 Å². The number of pyridine rings is 1. The Hall–Kier alpha value is -3.71. The van der Waals surface area contributed by atoms with E-state index in [0.29, 0.717) is 18.2 Å². The van der Waals surface area contributed by atoms with Crippen LogP contribution in [0.25, 0.3) is 22.3 Å². The van der Waals surface area contributed by atoms with E-state index >= 15 is 0 Å². The fourth-order valence-electron chi connectivity index (χ4n) is 4.91. The summed E-state index contributed by atoms with van der Waals surface area (Å²) in [7, 11) is 4.03. The van der Waals surface area contributed by atoms with Crippen molar-refractivity contribution in [2.75, 3.05) is 20.2 Å². The molecular formula is C29H33N5O2. The number of amides is 1. The van der Waals surface area contributed by atoms with Crippen LogP contribution in [0.4, 0.5) is 0 Å². The average Bonchev–Trinajstić information content (AvgIpc) is 3.50. The quantitative estimate of drug-likeness (QED) is 0.405. The van der Waals surface area contributed by atoms with Gasteiger partial charge in [-0.25, -0.2) is 4.98 Å². The van der Waals surface area contributed by atoms with Gasteiger partial charge in [-0.15, -0.1) is 0 Å². The fraction of sp³-hybridized carbons (Fsp3) is 0.345. The van der Waals surface area contributed by atoms with Crippen LogP contribution in [0.3, 0.4) is 0 Å². The van der Waals surface area contributed by atoms with E-state index in [0.717, 1.165) is 52.1 Å². The number of aryl methyl sites for hydroxylation is 2. The molecule has 2 aromatic carbocycles. The van der Waals surface area contributed by atoms with Crippen LogP contribution in [0.2, 0.25) is 0 Å². The Bertz CT molecular complexity index is 1400. The minimum absolute atomic E-state index is 0.122. The first-order chi connectivity index (χ1) is 17.4. The molecule has 1 amide bonds. The highest BCUT2D eigenvalue weighted by atomic mass is 16.5. The number of benzene rings is 2. The van der Waals surface area contributed by atoms with E-state index in [2.05, 4.69) is 22.4 Å². The summed E-state index contributed by atoms with van der Waals surface area (Å²) in [5.74, 6) is 0.606. The number of carbonyl (C=O) groups is 1. The lowest BCUT2D eigenvalue weighted by atomic mass is 10.00. The Kier molecular flexibility index (Phi) is 6.74. The second-order valence-electron chi connectivity index (χ2n) is 9.75. The lowest BCUT2D eigenvalue weighted by Gasteiger charge is -2.21. The third kappa shape index (κ3) is 4.97.